The van der Waals surface area contributed by atoms with E-state index in [0.29, 0.717) is 12.2 Å². The van der Waals surface area contributed by atoms with Crippen molar-refractivity contribution in [2.24, 2.45) is 12.8 Å². The molecule has 16 heavy (non-hydrogen) atoms. The van der Waals surface area contributed by atoms with Gasteiger partial charge in [-0.2, -0.15) is 4.80 Å². The fourth-order valence-corrected chi connectivity index (χ4v) is 2.20. The van der Waals surface area contributed by atoms with Gasteiger partial charge in [0, 0.05) is 22.7 Å². The highest BCUT2D eigenvalue weighted by Crippen LogP contribution is 2.26. The first kappa shape index (κ1) is 11.0. The third-order valence-electron chi connectivity index (χ3n) is 2.15. The molecular weight excluding hydrogens is 226 g/mol. The number of hydrogen-bond donors (Lipinski definition) is 1. The summed E-state index contributed by atoms with van der Waals surface area (Å²) in [5.74, 6) is 1.49. The lowest BCUT2D eigenvalue weighted by Crippen LogP contribution is -2.13. The van der Waals surface area contributed by atoms with Crippen molar-refractivity contribution in [2.75, 3.05) is 7.11 Å². The Morgan fingerprint density at radius 3 is 3.00 bits per heavy atom. The van der Waals surface area contributed by atoms with E-state index in [1.165, 1.54) is 4.80 Å². The number of methoxy groups -OCH3 is 1. The second-order valence-corrected chi connectivity index (χ2v) is 4.34. The molecule has 2 heterocycles. The summed E-state index contributed by atoms with van der Waals surface area (Å²) in [5.41, 5.74) is 6.04. The van der Waals surface area contributed by atoms with Gasteiger partial charge in [-0.15, -0.1) is 21.5 Å². The molecule has 0 saturated heterocycles. The van der Waals surface area contributed by atoms with E-state index < -0.39 is 0 Å². The molecule has 6 nitrogen and oxygen atoms in total. The van der Waals surface area contributed by atoms with Gasteiger partial charge in [-0.25, -0.2) is 0 Å². The van der Waals surface area contributed by atoms with Crippen LogP contribution in [0.1, 0.15) is 16.7 Å². The monoisotopic (exact) mass is 239 g/mol. The zero-order valence-corrected chi connectivity index (χ0v) is 9.94. The van der Waals surface area contributed by atoms with Gasteiger partial charge in [-0.05, 0) is 11.3 Å². The summed E-state index contributed by atoms with van der Waals surface area (Å²) in [6.07, 6.45) is 0.581. The molecule has 0 spiro atoms. The molecular formula is C9H13N5OS. The van der Waals surface area contributed by atoms with Crippen molar-refractivity contribution >= 4 is 11.3 Å². The van der Waals surface area contributed by atoms with Gasteiger partial charge in [0.15, 0.2) is 5.82 Å². The summed E-state index contributed by atoms with van der Waals surface area (Å²) in [6, 6.07) is 1.82. The Kier molecular flexibility index (Phi) is 3.16. The predicted molar refractivity (Wildman–Crippen MR) is 60.3 cm³/mol. The maximum Gasteiger partial charge on any atom is 0.176 e. The van der Waals surface area contributed by atoms with Crippen LogP contribution in [-0.4, -0.2) is 27.3 Å². The molecule has 0 bridgehead atoms. The molecule has 7 heteroatoms. The standard InChI is InChI=1S/C9H13N5OS/c1-14-12-9(11-13-14)4-7(10)8-3-6(15-2)5-16-8/h3,5,7H,4,10H2,1-2H3. The molecule has 1 unspecified atom stereocenters. The van der Waals surface area contributed by atoms with E-state index in [1.54, 1.807) is 25.5 Å². The van der Waals surface area contributed by atoms with Gasteiger partial charge in [0.1, 0.15) is 5.75 Å². The smallest absolute Gasteiger partial charge is 0.176 e. The number of tetrazole rings is 1. The van der Waals surface area contributed by atoms with Gasteiger partial charge in [-0.3, -0.25) is 0 Å². The summed E-state index contributed by atoms with van der Waals surface area (Å²) in [5, 5.41) is 13.7. The van der Waals surface area contributed by atoms with Crippen LogP contribution < -0.4 is 10.5 Å². The second kappa shape index (κ2) is 4.58. The average molecular weight is 239 g/mol. The molecule has 86 valence electrons. The molecule has 0 fully saturated rings. The molecule has 0 saturated carbocycles. The van der Waals surface area contributed by atoms with E-state index in [9.17, 15) is 0 Å². The number of nitrogens with two attached hydrogens (primary N) is 1. The van der Waals surface area contributed by atoms with Gasteiger partial charge in [0.05, 0.1) is 14.2 Å². The van der Waals surface area contributed by atoms with Crippen molar-refractivity contribution in [3.8, 4) is 5.75 Å². The molecule has 1 atom stereocenters. The largest absolute Gasteiger partial charge is 0.496 e. The first-order valence-electron chi connectivity index (χ1n) is 4.80. The molecule has 0 amide bonds. The van der Waals surface area contributed by atoms with E-state index in [0.717, 1.165) is 10.6 Å². The fourth-order valence-electron chi connectivity index (χ4n) is 1.34. The van der Waals surface area contributed by atoms with E-state index >= 15 is 0 Å². The lowest BCUT2D eigenvalue weighted by atomic mass is 10.2. The molecule has 2 aromatic rings. The van der Waals surface area contributed by atoms with Crippen molar-refractivity contribution in [3.05, 3.63) is 22.1 Å². The van der Waals surface area contributed by atoms with Gasteiger partial charge in [0.25, 0.3) is 0 Å². The van der Waals surface area contributed by atoms with Gasteiger partial charge < -0.3 is 10.5 Å². The third-order valence-corrected chi connectivity index (χ3v) is 3.19. The van der Waals surface area contributed by atoms with Crippen molar-refractivity contribution in [1.29, 1.82) is 0 Å². The highest BCUT2D eigenvalue weighted by Gasteiger charge is 2.13. The average Bonchev–Trinajstić information content (AvgIpc) is 2.87. The maximum atomic E-state index is 6.04. The molecule has 0 aliphatic rings. The van der Waals surface area contributed by atoms with E-state index in [2.05, 4.69) is 15.4 Å². The summed E-state index contributed by atoms with van der Waals surface area (Å²) >= 11 is 1.58. The maximum absolute atomic E-state index is 6.04. The van der Waals surface area contributed by atoms with Crippen LogP contribution >= 0.6 is 11.3 Å². The van der Waals surface area contributed by atoms with E-state index in [4.69, 9.17) is 10.5 Å². The minimum absolute atomic E-state index is 0.113. The van der Waals surface area contributed by atoms with Crippen LogP contribution in [0.5, 0.6) is 5.75 Å². The second-order valence-electron chi connectivity index (χ2n) is 3.39. The van der Waals surface area contributed by atoms with Crippen LogP contribution in [0.3, 0.4) is 0 Å². The fraction of sp³-hybridized carbons (Fsp3) is 0.444. The summed E-state index contributed by atoms with van der Waals surface area (Å²) in [4.78, 5) is 2.49. The topological polar surface area (TPSA) is 78.9 Å². The van der Waals surface area contributed by atoms with E-state index in [1.807, 2.05) is 11.4 Å². The molecule has 2 rings (SSSR count). The van der Waals surface area contributed by atoms with Crippen molar-refractivity contribution in [3.63, 3.8) is 0 Å². The Morgan fingerprint density at radius 2 is 2.44 bits per heavy atom. The predicted octanol–water partition coefficient (Wildman–Crippen LogP) is 0.523. The zero-order valence-electron chi connectivity index (χ0n) is 9.12. The first-order chi connectivity index (χ1) is 7.69. The SMILES string of the molecule is COc1csc(C(N)Cc2nnn(C)n2)c1. The van der Waals surface area contributed by atoms with Gasteiger partial charge in [-0.1, -0.05) is 0 Å². The Bertz CT molecular complexity index is 466. The summed E-state index contributed by atoms with van der Waals surface area (Å²) in [6.45, 7) is 0. The number of aromatic nitrogens is 4. The number of nitrogens with zero attached hydrogens (tertiary/aromatic N) is 4. The highest BCUT2D eigenvalue weighted by molar-refractivity contribution is 7.10. The molecule has 0 aliphatic heterocycles. The normalized spacial score (nSPS) is 12.7. The lowest BCUT2D eigenvalue weighted by molar-refractivity contribution is 0.416. The summed E-state index contributed by atoms with van der Waals surface area (Å²) in [7, 11) is 3.37. The molecule has 0 aliphatic carbocycles. The van der Waals surface area contributed by atoms with Gasteiger partial charge in [0.2, 0.25) is 0 Å². The Balaban J connectivity index is 2.05. The van der Waals surface area contributed by atoms with Crippen molar-refractivity contribution < 1.29 is 4.74 Å². The van der Waals surface area contributed by atoms with E-state index in [-0.39, 0.29) is 6.04 Å². The van der Waals surface area contributed by atoms with Crippen LogP contribution in [-0.2, 0) is 13.5 Å². The quantitative estimate of drug-likeness (QED) is 0.841. The van der Waals surface area contributed by atoms with Gasteiger partial charge >= 0.3 is 0 Å². The Hall–Kier alpha value is -1.47. The summed E-state index contributed by atoms with van der Waals surface area (Å²) < 4.78 is 5.11. The Labute approximate surface area is 97.0 Å². The van der Waals surface area contributed by atoms with Crippen LogP contribution in [0, 0.1) is 0 Å². The van der Waals surface area contributed by atoms with Crippen molar-refractivity contribution in [2.45, 2.75) is 12.5 Å². The zero-order chi connectivity index (χ0) is 11.5. The van der Waals surface area contributed by atoms with Crippen LogP contribution in [0.25, 0.3) is 0 Å². The molecule has 2 N–H and O–H groups in total. The van der Waals surface area contributed by atoms with Crippen LogP contribution in [0.15, 0.2) is 11.4 Å². The third kappa shape index (κ3) is 2.37. The molecule has 0 aromatic carbocycles. The minimum Gasteiger partial charge on any atom is -0.496 e. The van der Waals surface area contributed by atoms with Crippen LogP contribution in [0.4, 0.5) is 0 Å². The number of rotatable bonds is 4. The number of thiophene rings is 1. The number of aryl methyl sites for hydroxylation is 1. The molecule has 0 radical (unpaired) electrons. The number of hydrogen-bond acceptors (Lipinski definition) is 6. The number of ether oxygens (including phenoxy) is 1. The first-order valence-corrected chi connectivity index (χ1v) is 5.68. The van der Waals surface area contributed by atoms with Crippen molar-refractivity contribution in [1.82, 2.24) is 20.2 Å². The Morgan fingerprint density at radius 1 is 1.62 bits per heavy atom. The van der Waals surface area contributed by atoms with Crippen LogP contribution in [0.2, 0.25) is 0 Å². The molecule has 2 aromatic heterocycles. The highest BCUT2D eigenvalue weighted by atomic mass is 32.1. The lowest BCUT2D eigenvalue weighted by Gasteiger charge is -2.05. The minimum atomic E-state index is -0.113.